The topological polar surface area (TPSA) is 63.7 Å². The Hall–Kier alpha value is -2.16. The van der Waals surface area contributed by atoms with E-state index in [-0.39, 0.29) is 12.5 Å². The molecule has 0 radical (unpaired) electrons. The number of morpholine rings is 1. The molecule has 2 heterocycles. The molecule has 1 fully saturated rings. The number of nitrogens with one attached hydrogen (secondary N) is 1. The summed E-state index contributed by atoms with van der Waals surface area (Å²) < 4.78 is 11.0. The van der Waals surface area contributed by atoms with Gasteiger partial charge in [-0.05, 0) is 18.2 Å². The Labute approximate surface area is 194 Å². The van der Waals surface area contributed by atoms with Gasteiger partial charge in [0.15, 0.2) is 11.7 Å². The summed E-state index contributed by atoms with van der Waals surface area (Å²) >= 11 is 13.5. The van der Waals surface area contributed by atoms with E-state index in [0.717, 1.165) is 49.0 Å². The van der Waals surface area contributed by atoms with Crippen molar-refractivity contribution < 1.29 is 14.3 Å². The SMILES string of the molecule is O=C(COc1ccc(Cl)cc1Cl)Nc1nc(-c2ccccc2)c(CN2CCOCC2)s1. The van der Waals surface area contributed by atoms with Crippen molar-refractivity contribution in [3.05, 3.63) is 63.5 Å². The molecule has 3 aromatic rings. The summed E-state index contributed by atoms with van der Waals surface area (Å²) in [6, 6.07) is 14.8. The molecule has 2 aromatic carbocycles. The average molecular weight is 478 g/mol. The zero-order valence-electron chi connectivity index (χ0n) is 16.6. The van der Waals surface area contributed by atoms with Crippen LogP contribution < -0.4 is 10.1 Å². The van der Waals surface area contributed by atoms with Crippen LogP contribution in [0.25, 0.3) is 11.3 Å². The molecule has 0 unspecified atom stereocenters. The lowest BCUT2D eigenvalue weighted by Crippen LogP contribution is -2.35. The number of amides is 1. The first-order chi connectivity index (χ1) is 15.1. The van der Waals surface area contributed by atoms with E-state index in [1.807, 2.05) is 30.3 Å². The average Bonchev–Trinajstić information content (AvgIpc) is 3.16. The van der Waals surface area contributed by atoms with Crippen LogP contribution in [0.1, 0.15) is 4.88 Å². The molecule has 1 saturated heterocycles. The number of benzene rings is 2. The molecular formula is C22H21Cl2N3O3S. The number of carbonyl (C=O) groups is 1. The number of hydrogen-bond acceptors (Lipinski definition) is 6. The number of anilines is 1. The molecule has 0 bridgehead atoms. The van der Waals surface area contributed by atoms with E-state index in [1.165, 1.54) is 11.3 Å². The first kappa shape index (κ1) is 22.0. The standard InChI is InChI=1S/C22H21Cl2N3O3S/c23-16-6-7-18(17(24)12-16)30-14-20(28)25-22-26-21(15-4-2-1-3-5-15)19(31-22)13-27-8-10-29-11-9-27/h1-7,12H,8-11,13-14H2,(H,25,26,28). The molecule has 1 aliphatic rings. The maximum atomic E-state index is 12.4. The summed E-state index contributed by atoms with van der Waals surface area (Å²) in [4.78, 5) is 20.6. The second kappa shape index (κ2) is 10.4. The van der Waals surface area contributed by atoms with Gasteiger partial charge in [0.2, 0.25) is 0 Å². The van der Waals surface area contributed by atoms with E-state index in [2.05, 4.69) is 10.2 Å². The Morgan fingerprint density at radius 3 is 2.68 bits per heavy atom. The van der Waals surface area contributed by atoms with Crippen molar-refractivity contribution >= 4 is 45.6 Å². The third-order valence-corrected chi connectivity index (χ3v) is 6.20. The third kappa shape index (κ3) is 5.96. The summed E-state index contributed by atoms with van der Waals surface area (Å²) in [6.45, 7) is 3.80. The highest BCUT2D eigenvalue weighted by molar-refractivity contribution is 7.16. The molecule has 31 heavy (non-hydrogen) atoms. The van der Waals surface area contributed by atoms with Crippen molar-refractivity contribution in [2.75, 3.05) is 38.2 Å². The molecule has 0 aliphatic carbocycles. The second-order valence-corrected chi connectivity index (χ2v) is 8.88. The van der Waals surface area contributed by atoms with Gasteiger partial charge >= 0.3 is 0 Å². The largest absolute Gasteiger partial charge is 0.482 e. The quantitative estimate of drug-likeness (QED) is 0.520. The fourth-order valence-corrected chi connectivity index (χ4v) is 4.69. The Bertz CT molecular complexity index is 1040. The number of ether oxygens (including phenoxy) is 2. The highest BCUT2D eigenvalue weighted by atomic mass is 35.5. The number of thiazole rings is 1. The van der Waals surface area contributed by atoms with Gasteiger partial charge in [0, 0.05) is 35.1 Å². The molecule has 4 rings (SSSR count). The van der Waals surface area contributed by atoms with Crippen LogP contribution in [0.15, 0.2) is 48.5 Å². The molecule has 1 aliphatic heterocycles. The zero-order valence-corrected chi connectivity index (χ0v) is 19.0. The van der Waals surface area contributed by atoms with Crippen LogP contribution >= 0.6 is 34.5 Å². The summed E-state index contributed by atoms with van der Waals surface area (Å²) in [5, 5.41) is 4.24. The van der Waals surface area contributed by atoms with Gasteiger partial charge in [-0.25, -0.2) is 4.98 Å². The first-order valence-corrected chi connectivity index (χ1v) is 11.4. The van der Waals surface area contributed by atoms with Gasteiger partial charge in [0.1, 0.15) is 5.75 Å². The van der Waals surface area contributed by atoms with Gasteiger partial charge in [-0.3, -0.25) is 15.0 Å². The Balaban J connectivity index is 1.46. The summed E-state index contributed by atoms with van der Waals surface area (Å²) in [6.07, 6.45) is 0. The van der Waals surface area contributed by atoms with Crippen molar-refractivity contribution in [1.29, 1.82) is 0 Å². The van der Waals surface area contributed by atoms with E-state index in [9.17, 15) is 4.79 Å². The van der Waals surface area contributed by atoms with E-state index >= 15 is 0 Å². The molecule has 6 nitrogen and oxygen atoms in total. The molecular weight excluding hydrogens is 457 g/mol. The number of carbonyl (C=O) groups excluding carboxylic acids is 1. The smallest absolute Gasteiger partial charge is 0.264 e. The molecule has 9 heteroatoms. The zero-order chi connectivity index (χ0) is 21.6. The molecule has 1 N–H and O–H groups in total. The van der Waals surface area contributed by atoms with Gasteiger partial charge in [-0.1, -0.05) is 64.9 Å². The van der Waals surface area contributed by atoms with E-state index in [1.54, 1.807) is 18.2 Å². The number of halogens is 2. The fourth-order valence-electron chi connectivity index (χ4n) is 3.19. The highest BCUT2D eigenvalue weighted by Gasteiger charge is 2.19. The first-order valence-electron chi connectivity index (χ1n) is 9.81. The molecule has 1 aromatic heterocycles. The van der Waals surface area contributed by atoms with Gasteiger partial charge < -0.3 is 9.47 Å². The van der Waals surface area contributed by atoms with Gasteiger partial charge in [-0.2, -0.15) is 0 Å². The predicted octanol–water partition coefficient (Wildman–Crippen LogP) is 4.97. The van der Waals surface area contributed by atoms with Crippen molar-refractivity contribution in [3.63, 3.8) is 0 Å². The van der Waals surface area contributed by atoms with Crippen molar-refractivity contribution in [3.8, 4) is 17.0 Å². The van der Waals surface area contributed by atoms with Crippen LogP contribution in [0.4, 0.5) is 5.13 Å². The van der Waals surface area contributed by atoms with Crippen molar-refractivity contribution in [2.45, 2.75) is 6.54 Å². The number of hydrogen-bond donors (Lipinski definition) is 1. The minimum atomic E-state index is -0.308. The predicted molar refractivity (Wildman–Crippen MR) is 124 cm³/mol. The normalized spacial score (nSPS) is 14.4. The fraction of sp³-hybridized carbons (Fsp3) is 0.273. The minimum absolute atomic E-state index is 0.180. The van der Waals surface area contributed by atoms with E-state index in [4.69, 9.17) is 37.7 Å². The van der Waals surface area contributed by atoms with Crippen LogP contribution in [0, 0.1) is 0 Å². The molecule has 162 valence electrons. The van der Waals surface area contributed by atoms with Crippen LogP contribution in [-0.4, -0.2) is 48.7 Å². The Morgan fingerprint density at radius 1 is 1.16 bits per heavy atom. The molecule has 0 saturated carbocycles. The monoisotopic (exact) mass is 477 g/mol. The third-order valence-electron chi connectivity index (χ3n) is 4.71. The number of aromatic nitrogens is 1. The van der Waals surface area contributed by atoms with Gasteiger partial charge in [-0.15, -0.1) is 0 Å². The minimum Gasteiger partial charge on any atom is -0.482 e. The van der Waals surface area contributed by atoms with Crippen molar-refractivity contribution in [1.82, 2.24) is 9.88 Å². The molecule has 0 atom stereocenters. The molecule has 1 amide bonds. The summed E-state index contributed by atoms with van der Waals surface area (Å²) in [7, 11) is 0. The van der Waals surface area contributed by atoms with Gasteiger partial charge in [0.05, 0.1) is 23.9 Å². The highest BCUT2D eigenvalue weighted by Crippen LogP contribution is 2.32. The van der Waals surface area contributed by atoms with Crippen LogP contribution in [0.3, 0.4) is 0 Å². The summed E-state index contributed by atoms with van der Waals surface area (Å²) in [5.41, 5.74) is 1.90. The summed E-state index contributed by atoms with van der Waals surface area (Å²) in [5.74, 6) is 0.0932. The second-order valence-electron chi connectivity index (χ2n) is 6.96. The van der Waals surface area contributed by atoms with E-state index < -0.39 is 0 Å². The maximum Gasteiger partial charge on any atom is 0.264 e. The lowest BCUT2D eigenvalue weighted by Gasteiger charge is -2.26. The van der Waals surface area contributed by atoms with Crippen molar-refractivity contribution in [2.24, 2.45) is 0 Å². The Kier molecular flexibility index (Phi) is 7.42. The molecule has 0 spiro atoms. The maximum absolute atomic E-state index is 12.4. The lowest BCUT2D eigenvalue weighted by molar-refractivity contribution is -0.118. The Morgan fingerprint density at radius 2 is 1.94 bits per heavy atom. The lowest BCUT2D eigenvalue weighted by atomic mass is 10.1. The van der Waals surface area contributed by atoms with E-state index in [0.29, 0.717) is 20.9 Å². The van der Waals surface area contributed by atoms with Crippen LogP contribution in [-0.2, 0) is 16.1 Å². The number of rotatable bonds is 7. The van der Waals surface area contributed by atoms with Gasteiger partial charge in [0.25, 0.3) is 5.91 Å². The number of nitrogens with zero attached hydrogens (tertiary/aromatic N) is 2. The van der Waals surface area contributed by atoms with Crippen LogP contribution in [0.5, 0.6) is 5.75 Å². The van der Waals surface area contributed by atoms with Crippen LogP contribution in [0.2, 0.25) is 10.0 Å².